The highest BCUT2D eigenvalue weighted by Gasteiger charge is 2.22. The summed E-state index contributed by atoms with van der Waals surface area (Å²) in [4.78, 5) is 12.3. The van der Waals surface area contributed by atoms with Crippen LogP contribution < -0.4 is 9.62 Å². The fourth-order valence-corrected chi connectivity index (χ4v) is 3.44. The van der Waals surface area contributed by atoms with Crippen molar-refractivity contribution in [2.75, 3.05) is 17.1 Å². The topological polar surface area (TPSA) is 66.5 Å². The van der Waals surface area contributed by atoms with Crippen LogP contribution in [0, 0.1) is 0 Å². The number of halogens is 1. The lowest BCUT2D eigenvalue weighted by molar-refractivity contribution is -0.119. The zero-order valence-electron chi connectivity index (χ0n) is 14.2. The Morgan fingerprint density at radius 3 is 2.36 bits per heavy atom. The quantitative estimate of drug-likeness (QED) is 0.803. The lowest BCUT2D eigenvalue weighted by Gasteiger charge is -2.24. The number of nitrogens with zero attached hydrogens (tertiary/aromatic N) is 1. The van der Waals surface area contributed by atoms with E-state index in [0.717, 1.165) is 21.7 Å². The minimum atomic E-state index is -3.58. The third-order valence-electron chi connectivity index (χ3n) is 3.73. The Labute approximate surface area is 153 Å². The van der Waals surface area contributed by atoms with E-state index in [-0.39, 0.29) is 12.5 Å². The third-order valence-corrected chi connectivity index (χ3v) is 5.11. The van der Waals surface area contributed by atoms with Crippen LogP contribution in [0.3, 0.4) is 0 Å². The number of sulfonamides is 1. The molecule has 0 radical (unpaired) electrons. The van der Waals surface area contributed by atoms with E-state index in [4.69, 9.17) is 11.6 Å². The Morgan fingerprint density at radius 2 is 1.76 bits per heavy atom. The van der Waals surface area contributed by atoms with Crippen molar-refractivity contribution in [3.63, 3.8) is 0 Å². The maximum absolute atomic E-state index is 12.3. The van der Waals surface area contributed by atoms with Gasteiger partial charge >= 0.3 is 0 Å². The minimum Gasteiger partial charge on any atom is -0.350 e. The number of rotatable bonds is 7. The van der Waals surface area contributed by atoms with Gasteiger partial charge in [0.05, 0.1) is 11.9 Å². The molecule has 134 valence electrons. The average Bonchev–Trinajstić information content (AvgIpc) is 2.58. The summed E-state index contributed by atoms with van der Waals surface area (Å²) in [6.07, 6.45) is 1.78. The van der Waals surface area contributed by atoms with Crippen LogP contribution in [-0.4, -0.2) is 27.1 Å². The molecule has 2 aromatic rings. The number of nitrogens with one attached hydrogen (secondary N) is 1. The number of benzene rings is 2. The monoisotopic (exact) mass is 380 g/mol. The van der Waals surface area contributed by atoms with Crippen molar-refractivity contribution >= 4 is 33.2 Å². The van der Waals surface area contributed by atoms with Crippen LogP contribution in [0.4, 0.5) is 5.69 Å². The summed E-state index contributed by atoms with van der Waals surface area (Å²) in [5.41, 5.74) is 2.30. The molecular weight excluding hydrogens is 360 g/mol. The smallest absolute Gasteiger partial charge is 0.241 e. The Bertz CT molecular complexity index is 836. The highest BCUT2D eigenvalue weighted by atomic mass is 35.5. The van der Waals surface area contributed by atoms with Gasteiger partial charge in [-0.1, -0.05) is 48.9 Å². The zero-order valence-corrected chi connectivity index (χ0v) is 15.8. The lowest BCUT2D eigenvalue weighted by Crippen LogP contribution is -2.40. The van der Waals surface area contributed by atoms with Gasteiger partial charge in [0.25, 0.3) is 0 Å². The first-order chi connectivity index (χ1) is 11.8. The van der Waals surface area contributed by atoms with E-state index >= 15 is 0 Å². The van der Waals surface area contributed by atoms with Crippen LogP contribution in [0.25, 0.3) is 0 Å². The van der Waals surface area contributed by atoms with E-state index in [1.807, 2.05) is 31.2 Å². The van der Waals surface area contributed by atoms with Crippen LogP contribution >= 0.6 is 11.6 Å². The summed E-state index contributed by atoms with van der Waals surface area (Å²) >= 11 is 5.83. The molecule has 2 aromatic carbocycles. The van der Waals surface area contributed by atoms with Crippen LogP contribution in [-0.2, 0) is 27.8 Å². The molecule has 0 aliphatic heterocycles. The van der Waals surface area contributed by atoms with Crippen molar-refractivity contribution in [2.45, 2.75) is 19.9 Å². The molecule has 0 bridgehead atoms. The standard InChI is InChI=1S/C18H21ClN2O3S/c1-3-15-6-4-5-7-17(15)21(25(2,23)24)13-18(22)20-12-14-8-10-16(19)11-9-14/h4-11H,3,12-13H2,1-2H3,(H,20,22). The molecule has 0 aliphatic rings. The molecule has 0 aromatic heterocycles. The summed E-state index contributed by atoms with van der Waals surface area (Å²) in [7, 11) is -3.58. The Morgan fingerprint density at radius 1 is 1.12 bits per heavy atom. The first kappa shape index (κ1) is 19.3. The van der Waals surface area contributed by atoms with E-state index in [0.29, 0.717) is 23.7 Å². The van der Waals surface area contributed by atoms with Gasteiger partial charge in [-0.25, -0.2) is 8.42 Å². The maximum Gasteiger partial charge on any atom is 0.241 e. The Hall–Kier alpha value is -2.05. The van der Waals surface area contributed by atoms with E-state index in [1.165, 1.54) is 0 Å². The average molecular weight is 381 g/mol. The van der Waals surface area contributed by atoms with Crippen molar-refractivity contribution in [2.24, 2.45) is 0 Å². The summed E-state index contributed by atoms with van der Waals surface area (Å²) in [5, 5.41) is 3.36. The van der Waals surface area contributed by atoms with Gasteiger partial charge in [-0.2, -0.15) is 0 Å². The fourth-order valence-electron chi connectivity index (χ4n) is 2.42. The van der Waals surface area contributed by atoms with Crippen molar-refractivity contribution in [1.29, 1.82) is 0 Å². The maximum atomic E-state index is 12.3. The van der Waals surface area contributed by atoms with Gasteiger partial charge in [0.2, 0.25) is 15.9 Å². The molecule has 0 saturated heterocycles. The molecule has 1 N–H and O–H groups in total. The highest BCUT2D eigenvalue weighted by molar-refractivity contribution is 7.92. The molecule has 0 fully saturated rings. The van der Waals surface area contributed by atoms with E-state index in [1.54, 1.807) is 24.3 Å². The third kappa shape index (κ3) is 5.47. The second-order valence-corrected chi connectivity index (χ2v) is 8.00. The number of amides is 1. The predicted octanol–water partition coefficient (Wildman–Crippen LogP) is 2.98. The Balaban J connectivity index is 2.12. The molecule has 5 nitrogen and oxygen atoms in total. The van der Waals surface area contributed by atoms with E-state index in [9.17, 15) is 13.2 Å². The van der Waals surface area contributed by atoms with Gasteiger partial charge in [0.15, 0.2) is 0 Å². The second kappa shape index (κ2) is 8.36. The number of anilines is 1. The van der Waals surface area contributed by atoms with Crippen molar-refractivity contribution in [1.82, 2.24) is 5.32 Å². The molecule has 25 heavy (non-hydrogen) atoms. The van der Waals surface area contributed by atoms with Gasteiger partial charge in [0.1, 0.15) is 6.54 Å². The van der Waals surface area contributed by atoms with Crippen LogP contribution in [0.2, 0.25) is 5.02 Å². The van der Waals surface area contributed by atoms with E-state index in [2.05, 4.69) is 5.32 Å². The number of carbonyl (C=O) groups excluding carboxylic acids is 1. The van der Waals surface area contributed by atoms with Gasteiger partial charge < -0.3 is 5.32 Å². The number of hydrogen-bond acceptors (Lipinski definition) is 3. The summed E-state index contributed by atoms with van der Waals surface area (Å²) in [6, 6.07) is 14.3. The van der Waals surface area contributed by atoms with Crippen molar-refractivity contribution in [3.05, 3.63) is 64.7 Å². The first-order valence-corrected chi connectivity index (χ1v) is 10.1. The van der Waals surface area contributed by atoms with Crippen molar-refractivity contribution in [3.8, 4) is 0 Å². The molecule has 2 rings (SSSR count). The lowest BCUT2D eigenvalue weighted by atomic mass is 10.1. The molecule has 0 heterocycles. The number of aryl methyl sites for hydroxylation is 1. The SMILES string of the molecule is CCc1ccccc1N(CC(=O)NCc1ccc(Cl)cc1)S(C)(=O)=O. The highest BCUT2D eigenvalue weighted by Crippen LogP contribution is 2.23. The van der Waals surface area contributed by atoms with Crippen LogP contribution in [0.1, 0.15) is 18.1 Å². The van der Waals surface area contributed by atoms with Gasteiger partial charge in [-0.05, 0) is 35.7 Å². The molecule has 0 atom stereocenters. The molecule has 0 aliphatic carbocycles. The molecule has 0 spiro atoms. The largest absolute Gasteiger partial charge is 0.350 e. The van der Waals surface area contributed by atoms with Crippen LogP contribution in [0.15, 0.2) is 48.5 Å². The second-order valence-electron chi connectivity index (χ2n) is 5.66. The summed E-state index contributed by atoms with van der Waals surface area (Å²) in [6.45, 7) is 1.99. The van der Waals surface area contributed by atoms with Crippen LogP contribution in [0.5, 0.6) is 0 Å². The van der Waals surface area contributed by atoms with Crippen molar-refractivity contribution < 1.29 is 13.2 Å². The van der Waals surface area contributed by atoms with E-state index < -0.39 is 10.0 Å². The number of hydrogen-bond donors (Lipinski definition) is 1. The normalized spacial score (nSPS) is 11.2. The summed E-state index contributed by atoms with van der Waals surface area (Å²) in [5.74, 6) is -0.369. The molecule has 0 saturated carbocycles. The number of para-hydroxylation sites is 1. The van der Waals surface area contributed by atoms with Gasteiger partial charge in [-0.15, -0.1) is 0 Å². The fraction of sp³-hybridized carbons (Fsp3) is 0.278. The molecular formula is C18H21ClN2O3S. The minimum absolute atomic E-state index is 0.260. The molecule has 7 heteroatoms. The zero-order chi connectivity index (χ0) is 18.4. The predicted molar refractivity (Wildman–Crippen MR) is 101 cm³/mol. The number of carbonyl (C=O) groups is 1. The molecule has 1 amide bonds. The summed E-state index contributed by atoms with van der Waals surface area (Å²) < 4.78 is 25.5. The van der Waals surface area contributed by atoms with Gasteiger partial charge in [0, 0.05) is 11.6 Å². The Kier molecular flexibility index (Phi) is 6.45. The molecule has 0 unspecified atom stereocenters. The first-order valence-electron chi connectivity index (χ1n) is 7.88. The van der Waals surface area contributed by atoms with Gasteiger partial charge in [-0.3, -0.25) is 9.10 Å².